The Morgan fingerprint density at radius 3 is 1.73 bits per heavy atom. The van der Waals surface area contributed by atoms with Gasteiger partial charge in [-0.1, -0.05) is 133 Å². The SMILES string of the molecule is O=P1(c2ccccc2)c2ccccc2-c2cc3c(cc21)c1ccccc1n3-c1nc(-c2ccccc2)cc(-c2ccccc2)n1. The van der Waals surface area contributed by atoms with Crippen molar-refractivity contribution in [3.05, 3.63) is 158 Å². The van der Waals surface area contributed by atoms with Crippen molar-refractivity contribution in [2.75, 3.05) is 0 Å². The highest BCUT2D eigenvalue weighted by molar-refractivity contribution is 7.86. The Hall–Kier alpha value is -5.57. The molecular weight excluding hydrogens is 569 g/mol. The van der Waals surface area contributed by atoms with Crippen molar-refractivity contribution in [1.82, 2.24) is 14.5 Å². The van der Waals surface area contributed by atoms with Crippen molar-refractivity contribution in [3.63, 3.8) is 0 Å². The van der Waals surface area contributed by atoms with Crippen LogP contribution in [0.5, 0.6) is 0 Å². The number of hydrogen-bond acceptors (Lipinski definition) is 3. The summed E-state index contributed by atoms with van der Waals surface area (Å²) in [5.74, 6) is 0.596. The van der Waals surface area contributed by atoms with Crippen molar-refractivity contribution < 1.29 is 4.57 Å². The smallest absolute Gasteiger partial charge is 0.235 e. The molecule has 0 saturated heterocycles. The van der Waals surface area contributed by atoms with Gasteiger partial charge in [0.2, 0.25) is 5.95 Å². The van der Waals surface area contributed by atoms with E-state index in [1.807, 2.05) is 84.9 Å². The zero-order valence-electron chi connectivity index (χ0n) is 24.2. The summed E-state index contributed by atoms with van der Waals surface area (Å²) in [6.07, 6.45) is 0. The third-order valence-electron chi connectivity index (χ3n) is 8.84. The highest BCUT2D eigenvalue weighted by Crippen LogP contribution is 2.53. The molecule has 1 atom stereocenters. The summed E-state index contributed by atoms with van der Waals surface area (Å²) in [7, 11) is -3.08. The van der Waals surface area contributed by atoms with Crippen LogP contribution in [0.3, 0.4) is 0 Å². The summed E-state index contributed by atoms with van der Waals surface area (Å²) in [5.41, 5.74) is 7.75. The van der Waals surface area contributed by atoms with Crippen LogP contribution >= 0.6 is 7.14 Å². The van der Waals surface area contributed by atoms with Crippen molar-refractivity contribution in [3.8, 4) is 39.6 Å². The lowest BCUT2D eigenvalue weighted by atomic mass is 10.0. The molecule has 4 nitrogen and oxygen atoms in total. The third-order valence-corrected chi connectivity index (χ3v) is 12.0. The quantitative estimate of drug-likeness (QED) is 0.192. The Bertz CT molecular complexity index is 2390. The van der Waals surface area contributed by atoms with E-state index < -0.39 is 7.14 Å². The molecule has 0 spiro atoms. The minimum absolute atomic E-state index is 0.596. The minimum Gasteiger partial charge on any atom is -0.309 e. The van der Waals surface area contributed by atoms with Crippen LogP contribution in [-0.4, -0.2) is 14.5 Å². The normalized spacial score (nSPS) is 15.3. The fourth-order valence-electron chi connectivity index (χ4n) is 6.77. The molecule has 212 valence electrons. The number of fused-ring (bicyclic) bond motifs is 6. The summed E-state index contributed by atoms with van der Waals surface area (Å²) < 4.78 is 17.5. The standard InChI is InChI=1S/C40H26N3OP/c44-45(29-18-8-3-9-19-29)38-23-13-11-21-31(38)33-24-37-32(25-39(33)45)30-20-10-12-22-36(30)43(37)40-41-34(27-14-4-1-5-15-27)26-35(42-40)28-16-6-2-7-17-28/h1-26H. The average molecular weight is 596 g/mol. The number of hydrogen-bond donors (Lipinski definition) is 0. The van der Waals surface area contributed by atoms with Gasteiger partial charge in [0.25, 0.3) is 0 Å². The van der Waals surface area contributed by atoms with Crippen molar-refractivity contribution in [2.45, 2.75) is 0 Å². The van der Waals surface area contributed by atoms with E-state index in [9.17, 15) is 0 Å². The van der Waals surface area contributed by atoms with E-state index in [-0.39, 0.29) is 0 Å². The maximum Gasteiger partial charge on any atom is 0.235 e. The molecule has 2 aromatic heterocycles. The van der Waals surface area contributed by atoms with Gasteiger partial charge in [0.05, 0.1) is 22.4 Å². The lowest BCUT2D eigenvalue weighted by Gasteiger charge is -2.16. The van der Waals surface area contributed by atoms with Gasteiger partial charge in [-0.05, 0) is 35.4 Å². The second kappa shape index (κ2) is 9.99. The Morgan fingerprint density at radius 2 is 1.04 bits per heavy atom. The van der Waals surface area contributed by atoms with Crippen molar-refractivity contribution in [2.24, 2.45) is 0 Å². The zero-order valence-corrected chi connectivity index (χ0v) is 25.1. The first-order valence-electron chi connectivity index (χ1n) is 15.0. The average Bonchev–Trinajstić information content (AvgIpc) is 3.58. The van der Waals surface area contributed by atoms with Crippen LogP contribution in [0.25, 0.3) is 61.4 Å². The molecular formula is C40H26N3OP. The summed E-state index contributed by atoms with van der Waals surface area (Å²) in [6, 6.07) is 53.3. The van der Waals surface area contributed by atoms with E-state index in [4.69, 9.17) is 9.97 Å². The van der Waals surface area contributed by atoms with E-state index in [2.05, 4.69) is 77.4 Å². The minimum atomic E-state index is -3.08. The summed E-state index contributed by atoms with van der Waals surface area (Å²) in [4.78, 5) is 10.4. The first-order chi connectivity index (χ1) is 22.2. The Kier molecular flexibility index (Phi) is 5.74. The monoisotopic (exact) mass is 595 g/mol. The van der Waals surface area contributed by atoms with Gasteiger partial charge >= 0.3 is 0 Å². The van der Waals surface area contributed by atoms with Gasteiger partial charge < -0.3 is 4.57 Å². The molecule has 1 aliphatic rings. The molecule has 1 aliphatic heterocycles. The first-order valence-corrected chi connectivity index (χ1v) is 16.7. The molecule has 0 N–H and O–H groups in total. The highest BCUT2D eigenvalue weighted by Gasteiger charge is 2.40. The largest absolute Gasteiger partial charge is 0.309 e. The second-order valence-corrected chi connectivity index (χ2v) is 14.1. The van der Waals surface area contributed by atoms with Gasteiger partial charge in [0.1, 0.15) is 0 Å². The summed E-state index contributed by atoms with van der Waals surface area (Å²) >= 11 is 0. The predicted octanol–water partition coefficient (Wildman–Crippen LogP) is 8.53. The summed E-state index contributed by atoms with van der Waals surface area (Å²) in [6.45, 7) is 0. The van der Waals surface area contributed by atoms with Crippen LogP contribution in [0.1, 0.15) is 0 Å². The van der Waals surface area contributed by atoms with Crippen LogP contribution in [0.4, 0.5) is 0 Å². The molecule has 8 aromatic rings. The van der Waals surface area contributed by atoms with Crippen LogP contribution in [0.2, 0.25) is 0 Å². The van der Waals surface area contributed by atoms with Crippen LogP contribution < -0.4 is 15.9 Å². The number of nitrogens with zero attached hydrogens (tertiary/aromatic N) is 3. The molecule has 0 saturated carbocycles. The molecule has 0 fully saturated rings. The highest BCUT2D eigenvalue weighted by atomic mass is 31.2. The van der Waals surface area contributed by atoms with Gasteiger partial charge in [-0.3, -0.25) is 4.57 Å². The second-order valence-electron chi connectivity index (χ2n) is 11.4. The number of para-hydroxylation sites is 1. The van der Waals surface area contributed by atoms with Gasteiger partial charge in [-0.2, -0.15) is 0 Å². The number of rotatable bonds is 4. The summed E-state index contributed by atoms with van der Waals surface area (Å²) in [5, 5.41) is 4.73. The molecule has 6 aromatic carbocycles. The number of benzene rings is 6. The molecule has 1 unspecified atom stereocenters. The van der Waals surface area contributed by atoms with Gasteiger partial charge in [0.15, 0.2) is 7.14 Å². The Labute approximate surface area is 260 Å². The van der Waals surface area contributed by atoms with E-state index in [0.717, 1.165) is 71.4 Å². The van der Waals surface area contributed by atoms with E-state index in [0.29, 0.717) is 5.95 Å². The fourth-order valence-corrected chi connectivity index (χ4v) is 9.84. The zero-order chi connectivity index (χ0) is 30.0. The maximum absolute atomic E-state index is 15.3. The topological polar surface area (TPSA) is 47.8 Å². The van der Waals surface area contributed by atoms with Crippen molar-refractivity contribution in [1.29, 1.82) is 0 Å². The first kappa shape index (κ1) is 25.9. The Morgan fingerprint density at radius 1 is 0.467 bits per heavy atom. The van der Waals surface area contributed by atoms with Gasteiger partial charge in [-0.25, -0.2) is 9.97 Å². The van der Waals surface area contributed by atoms with Crippen molar-refractivity contribution >= 4 is 44.9 Å². The van der Waals surface area contributed by atoms with Crippen LogP contribution in [-0.2, 0) is 4.57 Å². The lowest BCUT2D eigenvalue weighted by Crippen LogP contribution is -2.20. The molecule has 0 bridgehead atoms. The van der Waals surface area contributed by atoms with Gasteiger partial charge in [-0.15, -0.1) is 0 Å². The van der Waals surface area contributed by atoms with Crippen LogP contribution in [0.15, 0.2) is 158 Å². The van der Waals surface area contributed by atoms with Gasteiger partial charge in [0, 0.05) is 37.8 Å². The number of aromatic nitrogens is 3. The maximum atomic E-state index is 15.3. The van der Waals surface area contributed by atoms with E-state index in [1.54, 1.807) is 0 Å². The third kappa shape index (κ3) is 3.90. The molecule has 5 heteroatoms. The fraction of sp³-hybridized carbons (Fsp3) is 0. The van der Waals surface area contributed by atoms with Crippen LogP contribution in [0, 0.1) is 0 Å². The Balaban J connectivity index is 1.37. The molecule has 0 radical (unpaired) electrons. The predicted molar refractivity (Wildman–Crippen MR) is 186 cm³/mol. The molecule has 0 aliphatic carbocycles. The molecule has 0 amide bonds. The lowest BCUT2D eigenvalue weighted by molar-refractivity contribution is 0.593. The van der Waals surface area contributed by atoms with E-state index >= 15 is 4.57 Å². The molecule has 9 rings (SSSR count). The van der Waals surface area contributed by atoms with E-state index in [1.165, 1.54) is 0 Å². The molecule has 45 heavy (non-hydrogen) atoms. The molecule has 3 heterocycles.